The molecule has 1 nitrogen and oxygen atoms in total. The van der Waals surface area contributed by atoms with Crippen LogP contribution in [0.5, 0.6) is 0 Å². The lowest BCUT2D eigenvalue weighted by molar-refractivity contribution is 0.641. The van der Waals surface area contributed by atoms with E-state index in [1.54, 1.807) is 0 Å². The van der Waals surface area contributed by atoms with Gasteiger partial charge in [-0.3, -0.25) is 0 Å². The maximum atomic E-state index is 4.31. The van der Waals surface area contributed by atoms with Gasteiger partial charge in [-0.25, -0.2) is 0 Å². The van der Waals surface area contributed by atoms with E-state index in [9.17, 15) is 0 Å². The summed E-state index contributed by atoms with van der Waals surface area (Å²) in [6.45, 7) is 14.9. The normalized spacial score (nSPS) is 13.0. The molecule has 0 N–H and O–H groups in total. The van der Waals surface area contributed by atoms with Crippen LogP contribution in [0.4, 0.5) is 5.69 Å². The molecule has 0 bridgehead atoms. The van der Waals surface area contributed by atoms with Crippen molar-refractivity contribution in [3.63, 3.8) is 0 Å². The van der Waals surface area contributed by atoms with E-state index in [4.69, 9.17) is 0 Å². The molecule has 0 aromatic heterocycles. The highest BCUT2D eigenvalue weighted by Gasteiger charge is 2.21. The van der Waals surface area contributed by atoms with Gasteiger partial charge in [0, 0.05) is 18.2 Å². The van der Waals surface area contributed by atoms with E-state index in [0.29, 0.717) is 6.04 Å². The molecule has 0 aliphatic rings. The first-order valence-electron chi connectivity index (χ1n) is 10.4. The minimum atomic E-state index is -0.0715. The molecule has 0 aliphatic heterocycles. The SMILES string of the molecule is C=CCC(/C=C\C/C=C/C(=C)C(C)(C)c1ccccc1)N(C)c1ccccc1C. The van der Waals surface area contributed by atoms with Crippen LogP contribution in [0, 0.1) is 6.92 Å². The second-order valence-electron chi connectivity index (χ2n) is 8.07. The number of hydrogen-bond acceptors (Lipinski definition) is 1. The predicted octanol–water partition coefficient (Wildman–Crippen LogP) is 7.41. The van der Waals surface area contributed by atoms with Crippen LogP contribution in [0.15, 0.2) is 104 Å². The maximum absolute atomic E-state index is 4.31. The third-order valence-corrected chi connectivity index (χ3v) is 5.65. The molecule has 0 heterocycles. The molecule has 0 spiro atoms. The van der Waals surface area contributed by atoms with Crippen LogP contribution in [0.3, 0.4) is 0 Å². The molecule has 0 saturated carbocycles. The molecule has 2 aromatic rings. The largest absolute Gasteiger partial charge is 0.368 e. The van der Waals surface area contributed by atoms with Crippen molar-refractivity contribution in [3.05, 3.63) is 115 Å². The Kier molecular flexibility index (Phi) is 8.27. The molecule has 0 fully saturated rings. The first-order valence-corrected chi connectivity index (χ1v) is 10.4. The Balaban J connectivity index is 2.00. The molecule has 152 valence electrons. The second-order valence-corrected chi connectivity index (χ2v) is 8.07. The Morgan fingerprint density at radius 3 is 2.34 bits per heavy atom. The number of hydrogen-bond donors (Lipinski definition) is 0. The summed E-state index contributed by atoms with van der Waals surface area (Å²) in [4.78, 5) is 2.33. The quantitative estimate of drug-likeness (QED) is 0.304. The number of aryl methyl sites for hydroxylation is 1. The molecule has 0 radical (unpaired) electrons. The summed E-state index contributed by atoms with van der Waals surface area (Å²) < 4.78 is 0. The van der Waals surface area contributed by atoms with Crippen molar-refractivity contribution in [2.24, 2.45) is 0 Å². The first kappa shape index (κ1) is 22.5. The highest BCUT2D eigenvalue weighted by molar-refractivity contribution is 5.54. The van der Waals surface area contributed by atoms with Crippen molar-refractivity contribution in [1.29, 1.82) is 0 Å². The summed E-state index contributed by atoms with van der Waals surface area (Å²) in [5.41, 5.74) is 4.89. The molecule has 1 atom stereocenters. The lowest BCUT2D eigenvalue weighted by Crippen LogP contribution is -2.29. The highest BCUT2D eigenvalue weighted by atomic mass is 15.1. The molecule has 2 rings (SSSR count). The number of nitrogens with zero attached hydrogens (tertiary/aromatic N) is 1. The van der Waals surface area contributed by atoms with Gasteiger partial charge in [0.2, 0.25) is 0 Å². The van der Waals surface area contributed by atoms with Gasteiger partial charge < -0.3 is 4.90 Å². The maximum Gasteiger partial charge on any atom is 0.0504 e. The third kappa shape index (κ3) is 6.09. The first-order chi connectivity index (χ1) is 13.9. The average molecular weight is 386 g/mol. The summed E-state index contributed by atoms with van der Waals surface area (Å²) in [7, 11) is 2.15. The van der Waals surface area contributed by atoms with E-state index in [2.05, 4.69) is 125 Å². The van der Waals surface area contributed by atoms with Gasteiger partial charge in [-0.1, -0.05) is 99.3 Å². The molecule has 0 amide bonds. The van der Waals surface area contributed by atoms with Gasteiger partial charge in [0.05, 0.1) is 6.04 Å². The van der Waals surface area contributed by atoms with Gasteiger partial charge in [-0.15, -0.1) is 6.58 Å². The topological polar surface area (TPSA) is 3.24 Å². The molecular formula is C28H35N. The van der Waals surface area contributed by atoms with E-state index in [1.165, 1.54) is 16.8 Å². The Labute approximate surface area is 177 Å². The number of benzene rings is 2. The van der Waals surface area contributed by atoms with Crippen molar-refractivity contribution in [1.82, 2.24) is 0 Å². The lowest BCUT2D eigenvalue weighted by Gasteiger charge is -2.28. The standard InChI is InChI=1S/C28H35N/c1-7-16-26(29(6)27-22-15-14-17-23(27)2)21-13-8-10-18-24(3)28(4,5)25-19-11-9-12-20-25/h7,9-15,17-22,26H,1,3,8,16H2,2,4-6H3/b18-10+,21-13-. The summed E-state index contributed by atoms with van der Waals surface area (Å²) in [6, 6.07) is 19.4. The number of anilines is 1. The molecule has 1 heteroatoms. The van der Waals surface area contributed by atoms with E-state index in [-0.39, 0.29) is 5.41 Å². The molecule has 2 aromatic carbocycles. The molecule has 1 unspecified atom stereocenters. The fraction of sp³-hybridized carbons (Fsp3) is 0.286. The van der Waals surface area contributed by atoms with E-state index < -0.39 is 0 Å². The Morgan fingerprint density at radius 1 is 1.03 bits per heavy atom. The fourth-order valence-electron chi connectivity index (χ4n) is 3.45. The van der Waals surface area contributed by atoms with Gasteiger partial charge in [0.15, 0.2) is 0 Å². The summed E-state index contributed by atoms with van der Waals surface area (Å²) >= 11 is 0. The van der Waals surface area contributed by atoms with Crippen molar-refractivity contribution in [2.45, 2.75) is 45.1 Å². The summed E-state index contributed by atoms with van der Waals surface area (Å²) in [5, 5.41) is 0. The zero-order valence-electron chi connectivity index (χ0n) is 18.4. The summed E-state index contributed by atoms with van der Waals surface area (Å²) in [6.07, 6.45) is 12.7. The molecule has 29 heavy (non-hydrogen) atoms. The average Bonchev–Trinajstić information content (AvgIpc) is 2.73. The molecule has 0 aliphatic carbocycles. The second kappa shape index (κ2) is 10.7. The van der Waals surface area contributed by atoms with Gasteiger partial charge in [-0.05, 0) is 42.5 Å². The van der Waals surface area contributed by atoms with E-state index >= 15 is 0 Å². The zero-order valence-corrected chi connectivity index (χ0v) is 18.4. The van der Waals surface area contributed by atoms with E-state index in [1.807, 2.05) is 6.08 Å². The fourth-order valence-corrected chi connectivity index (χ4v) is 3.45. The monoisotopic (exact) mass is 385 g/mol. The smallest absolute Gasteiger partial charge is 0.0504 e. The van der Waals surface area contributed by atoms with Gasteiger partial charge in [0.1, 0.15) is 0 Å². The minimum Gasteiger partial charge on any atom is -0.368 e. The van der Waals surface area contributed by atoms with Crippen LogP contribution in [0.25, 0.3) is 0 Å². The minimum absolute atomic E-state index is 0.0715. The molecule has 0 saturated heterocycles. The summed E-state index contributed by atoms with van der Waals surface area (Å²) in [5.74, 6) is 0. The lowest BCUT2D eigenvalue weighted by atomic mass is 9.78. The Hall–Kier alpha value is -2.80. The van der Waals surface area contributed by atoms with Crippen molar-refractivity contribution in [2.75, 3.05) is 11.9 Å². The van der Waals surface area contributed by atoms with Crippen LogP contribution in [0.2, 0.25) is 0 Å². The third-order valence-electron chi connectivity index (χ3n) is 5.65. The molecular weight excluding hydrogens is 350 g/mol. The Bertz CT molecular complexity index is 855. The number of allylic oxidation sites excluding steroid dienone is 4. The Morgan fingerprint density at radius 2 is 1.69 bits per heavy atom. The van der Waals surface area contributed by atoms with Gasteiger partial charge >= 0.3 is 0 Å². The zero-order chi connectivity index (χ0) is 21.3. The number of likely N-dealkylation sites (N-methyl/N-ethyl adjacent to an activating group) is 1. The number of para-hydroxylation sites is 1. The van der Waals surface area contributed by atoms with Crippen LogP contribution in [-0.2, 0) is 5.41 Å². The highest BCUT2D eigenvalue weighted by Crippen LogP contribution is 2.31. The number of rotatable bonds is 10. The van der Waals surface area contributed by atoms with Gasteiger partial charge in [0.25, 0.3) is 0 Å². The van der Waals surface area contributed by atoms with Crippen molar-refractivity contribution >= 4 is 5.69 Å². The van der Waals surface area contributed by atoms with E-state index in [0.717, 1.165) is 18.4 Å². The van der Waals surface area contributed by atoms with Crippen molar-refractivity contribution in [3.8, 4) is 0 Å². The van der Waals surface area contributed by atoms with Crippen LogP contribution in [0.1, 0.15) is 37.8 Å². The predicted molar refractivity (Wildman–Crippen MR) is 130 cm³/mol. The van der Waals surface area contributed by atoms with Gasteiger partial charge in [-0.2, -0.15) is 0 Å². The van der Waals surface area contributed by atoms with Crippen LogP contribution in [-0.4, -0.2) is 13.1 Å². The van der Waals surface area contributed by atoms with Crippen molar-refractivity contribution < 1.29 is 0 Å². The van der Waals surface area contributed by atoms with Crippen LogP contribution >= 0.6 is 0 Å². The van der Waals surface area contributed by atoms with Crippen LogP contribution < -0.4 is 4.90 Å².